The van der Waals surface area contributed by atoms with Gasteiger partial charge in [0.05, 0.1) is 12.3 Å². The fraction of sp³-hybridized carbons (Fsp3) is 0.333. The first kappa shape index (κ1) is 16.0. The Bertz CT molecular complexity index is 687. The van der Waals surface area contributed by atoms with Crippen LogP contribution in [0.5, 0.6) is 0 Å². The van der Waals surface area contributed by atoms with E-state index in [0.717, 1.165) is 16.3 Å². The van der Waals surface area contributed by atoms with E-state index >= 15 is 0 Å². The molecule has 0 radical (unpaired) electrons. The maximum absolute atomic E-state index is 11.2. The van der Waals surface area contributed by atoms with Gasteiger partial charge in [-0.25, -0.2) is 0 Å². The van der Waals surface area contributed by atoms with Gasteiger partial charge in [0.15, 0.2) is 10.9 Å². The van der Waals surface area contributed by atoms with Gasteiger partial charge in [0, 0.05) is 24.5 Å². The summed E-state index contributed by atoms with van der Waals surface area (Å²) in [6, 6.07) is 12.0. The molecule has 0 bridgehead atoms. The molecule has 0 aliphatic carbocycles. The second-order valence-corrected chi connectivity index (χ2v) is 6.62. The van der Waals surface area contributed by atoms with E-state index in [1.54, 1.807) is 18.0 Å². The lowest BCUT2D eigenvalue weighted by Gasteiger charge is -2.33. The van der Waals surface area contributed by atoms with Crippen LogP contribution in [0, 0.1) is 6.92 Å². The number of aromatic nitrogens is 1. The van der Waals surface area contributed by atoms with E-state index in [4.69, 9.17) is 0 Å². The molecule has 1 unspecified atom stereocenters. The Hall–Kier alpha value is -1.85. The monoisotopic (exact) mass is 327 g/mol. The van der Waals surface area contributed by atoms with E-state index < -0.39 is 5.72 Å². The number of amidine groups is 1. The summed E-state index contributed by atoms with van der Waals surface area (Å²) in [4.78, 5) is 10.8. The molecule has 1 saturated heterocycles. The van der Waals surface area contributed by atoms with Crippen molar-refractivity contribution in [2.75, 3.05) is 12.3 Å². The summed E-state index contributed by atoms with van der Waals surface area (Å²) in [7, 11) is 0. The summed E-state index contributed by atoms with van der Waals surface area (Å²) in [5, 5.41) is 12.1. The highest BCUT2D eigenvalue weighted by atomic mass is 32.2. The Kier molecular flexibility index (Phi) is 4.68. The van der Waals surface area contributed by atoms with E-state index in [2.05, 4.69) is 16.9 Å². The summed E-state index contributed by atoms with van der Waals surface area (Å²) in [5.74, 6) is 0.593. The second kappa shape index (κ2) is 6.72. The maximum atomic E-state index is 11.2. The molecule has 2 heterocycles. The molecule has 120 valence electrons. The Balaban J connectivity index is 1.83. The third-order valence-corrected chi connectivity index (χ3v) is 5.18. The average Bonchev–Trinajstić information content (AvgIpc) is 2.91. The number of benzene rings is 1. The Morgan fingerprint density at radius 3 is 2.74 bits per heavy atom. The highest BCUT2D eigenvalue weighted by molar-refractivity contribution is 8.14. The third-order valence-electron chi connectivity index (χ3n) is 4.03. The van der Waals surface area contributed by atoms with Crippen LogP contribution in [0.25, 0.3) is 0 Å². The first-order valence-electron chi connectivity index (χ1n) is 7.77. The molecular formula is C18H21N3OS. The van der Waals surface area contributed by atoms with Crippen molar-refractivity contribution >= 4 is 16.9 Å². The molecule has 1 aliphatic rings. The lowest BCUT2D eigenvalue weighted by atomic mass is 10.0. The highest BCUT2D eigenvalue weighted by Gasteiger charge is 2.43. The van der Waals surface area contributed by atoms with Gasteiger partial charge < -0.3 is 10.0 Å². The molecule has 5 heteroatoms. The number of thioether (sulfide) groups is 1. The summed E-state index contributed by atoms with van der Waals surface area (Å²) in [6.45, 7) is 5.39. The molecule has 0 amide bonds. The third kappa shape index (κ3) is 3.26. The fourth-order valence-corrected chi connectivity index (χ4v) is 3.96. The van der Waals surface area contributed by atoms with Gasteiger partial charge in [0.1, 0.15) is 0 Å². The van der Waals surface area contributed by atoms with Crippen molar-refractivity contribution in [1.29, 1.82) is 0 Å². The topological polar surface area (TPSA) is 48.7 Å². The standard InChI is InChI=1S/C18H21N3OS/c1-3-21-17(20-12-15-5-4-10-19-11-15)23-13-18(21,22)16-8-6-14(2)7-9-16/h4-11,22H,3,12-13H2,1-2H3. The van der Waals surface area contributed by atoms with Crippen molar-refractivity contribution in [3.8, 4) is 0 Å². The van der Waals surface area contributed by atoms with E-state index in [1.165, 1.54) is 5.56 Å². The number of hydrogen-bond donors (Lipinski definition) is 1. The van der Waals surface area contributed by atoms with Crippen LogP contribution >= 0.6 is 11.8 Å². The van der Waals surface area contributed by atoms with Crippen molar-refractivity contribution in [1.82, 2.24) is 9.88 Å². The Morgan fingerprint density at radius 1 is 1.30 bits per heavy atom. The van der Waals surface area contributed by atoms with Crippen molar-refractivity contribution in [3.05, 3.63) is 65.5 Å². The lowest BCUT2D eigenvalue weighted by Crippen LogP contribution is -2.44. The zero-order valence-corrected chi connectivity index (χ0v) is 14.3. The molecule has 0 saturated carbocycles. The van der Waals surface area contributed by atoms with Crippen molar-refractivity contribution in [2.45, 2.75) is 26.1 Å². The number of nitrogens with zero attached hydrogens (tertiary/aromatic N) is 3. The summed E-state index contributed by atoms with van der Waals surface area (Å²) >= 11 is 1.61. The normalized spacial score (nSPS) is 22.7. The number of aryl methyl sites for hydroxylation is 1. The van der Waals surface area contributed by atoms with Gasteiger partial charge >= 0.3 is 0 Å². The number of pyridine rings is 1. The van der Waals surface area contributed by atoms with E-state index in [1.807, 2.05) is 54.4 Å². The number of rotatable bonds is 4. The largest absolute Gasteiger partial charge is 0.366 e. The van der Waals surface area contributed by atoms with Crippen LogP contribution in [0.1, 0.15) is 23.6 Å². The van der Waals surface area contributed by atoms with Crippen LogP contribution in [0.15, 0.2) is 53.8 Å². The molecule has 1 aromatic heterocycles. The Labute approximate surface area is 141 Å². The van der Waals surface area contributed by atoms with Crippen molar-refractivity contribution in [3.63, 3.8) is 0 Å². The van der Waals surface area contributed by atoms with Gasteiger partial charge in [0.25, 0.3) is 0 Å². The van der Waals surface area contributed by atoms with Crippen LogP contribution in [0.4, 0.5) is 0 Å². The predicted octanol–water partition coefficient (Wildman–Crippen LogP) is 3.16. The van der Waals surface area contributed by atoms with Crippen LogP contribution in [0.2, 0.25) is 0 Å². The van der Waals surface area contributed by atoms with Gasteiger partial charge in [0.2, 0.25) is 0 Å². The highest BCUT2D eigenvalue weighted by Crippen LogP contribution is 2.39. The molecule has 1 N–H and O–H groups in total. The van der Waals surface area contributed by atoms with Gasteiger partial charge in [-0.15, -0.1) is 0 Å². The molecule has 3 rings (SSSR count). The quantitative estimate of drug-likeness (QED) is 0.937. The van der Waals surface area contributed by atoms with Gasteiger partial charge in [-0.2, -0.15) is 0 Å². The predicted molar refractivity (Wildman–Crippen MR) is 95.3 cm³/mol. The van der Waals surface area contributed by atoms with E-state index in [9.17, 15) is 5.11 Å². The maximum Gasteiger partial charge on any atom is 0.175 e. The average molecular weight is 327 g/mol. The zero-order chi connectivity index (χ0) is 16.3. The molecule has 2 aromatic rings. The van der Waals surface area contributed by atoms with Crippen molar-refractivity contribution < 1.29 is 5.11 Å². The number of aliphatic imine (C=N–C) groups is 1. The van der Waals surface area contributed by atoms with Crippen LogP contribution < -0.4 is 0 Å². The minimum Gasteiger partial charge on any atom is -0.366 e. The van der Waals surface area contributed by atoms with Crippen molar-refractivity contribution in [2.24, 2.45) is 4.99 Å². The van der Waals surface area contributed by atoms with Gasteiger partial charge in [-0.3, -0.25) is 9.98 Å². The molecule has 1 atom stereocenters. The minimum atomic E-state index is -0.985. The molecule has 1 aromatic carbocycles. The molecule has 1 aliphatic heterocycles. The van der Waals surface area contributed by atoms with Gasteiger partial charge in [-0.1, -0.05) is 47.7 Å². The minimum absolute atomic E-state index is 0.580. The fourth-order valence-electron chi connectivity index (χ4n) is 2.72. The molecule has 4 nitrogen and oxygen atoms in total. The lowest BCUT2D eigenvalue weighted by molar-refractivity contribution is -0.0453. The number of aliphatic hydroxyl groups is 1. The summed E-state index contributed by atoms with van der Waals surface area (Å²) in [5.41, 5.74) is 2.20. The summed E-state index contributed by atoms with van der Waals surface area (Å²) < 4.78 is 0. The van der Waals surface area contributed by atoms with Gasteiger partial charge in [-0.05, 0) is 25.5 Å². The van der Waals surface area contributed by atoms with Crippen LogP contribution in [0.3, 0.4) is 0 Å². The van der Waals surface area contributed by atoms with Crippen LogP contribution in [-0.4, -0.2) is 32.5 Å². The summed E-state index contributed by atoms with van der Waals surface area (Å²) in [6.07, 6.45) is 3.58. The molecule has 1 fully saturated rings. The van der Waals surface area contributed by atoms with Crippen LogP contribution in [-0.2, 0) is 12.3 Å². The zero-order valence-electron chi connectivity index (χ0n) is 13.4. The Morgan fingerprint density at radius 2 is 2.09 bits per heavy atom. The first-order chi connectivity index (χ1) is 11.1. The molecule has 0 spiro atoms. The molecular weight excluding hydrogens is 306 g/mol. The van der Waals surface area contributed by atoms with E-state index in [0.29, 0.717) is 18.8 Å². The SMILES string of the molecule is CCN1C(=NCc2cccnc2)SCC1(O)c1ccc(C)cc1. The van der Waals surface area contributed by atoms with E-state index in [-0.39, 0.29) is 0 Å². The molecule has 23 heavy (non-hydrogen) atoms. The smallest absolute Gasteiger partial charge is 0.175 e. The first-order valence-corrected chi connectivity index (χ1v) is 8.75. The second-order valence-electron chi connectivity index (χ2n) is 5.68. The number of hydrogen-bond acceptors (Lipinski definition) is 4.